The van der Waals surface area contributed by atoms with Crippen LogP contribution in [0, 0.1) is 0 Å². The van der Waals surface area contributed by atoms with Crippen molar-refractivity contribution in [3.05, 3.63) is 23.8 Å². The Morgan fingerprint density at radius 2 is 1.61 bits per heavy atom. The summed E-state index contributed by atoms with van der Waals surface area (Å²) in [5.41, 5.74) is -3.48. The van der Waals surface area contributed by atoms with Gasteiger partial charge in [-0.25, -0.2) is 9.59 Å². The molecule has 9 heteroatoms. The smallest absolute Gasteiger partial charge is 0.416 e. The Hall–Kier alpha value is -2.45. The average Bonchev–Trinajstić information content (AvgIpc) is 2.51. The molecule has 0 bridgehead atoms. The van der Waals surface area contributed by atoms with Crippen LogP contribution in [0.2, 0.25) is 0 Å². The van der Waals surface area contributed by atoms with E-state index in [-0.39, 0.29) is 18.0 Å². The number of amides is 1. The molecule has 28 heavy (non-hydrogen) atoms. The van der Waals surface area contributed by atoms with Crippen LogP contribution in [0.1, 0.15) is 47.1 Å². The first-order valence-electron chi connectivity index (χ1n) is 8.62. The van der Waals surface area contributed by atoms with Crippen LogP contribution in [0.5, 0.6) is 5.75 Å². The van der Waals surface area contributed by atoms with E-state index in [0.717, 1.165) is 17.0 Å². The lowest BCUT2D eigenvalue weighted by atomic mass is 10.1. The maximum atomic E-state index is 13.3. The van der Waals surface area contributed by atoms with Crippen LogP contribution in [0.3, 0.4) is 0 Å². The van der Waals surface area contributed by atoms with Crippen LogP contribution in [0.4, 0.5) is 23.7 Å². The third-order valence-electron chi connectivity index (χ3n) is 3.41. The van der Waals surface area contributed by atoms with Crippen LogP contribution < -0.4 is 9.64 Å². The Labute approximate surface area is 162 Å². The molecule has 0 aliphatic heterocycles. The fraction of sp³-hybridized carbons (Fsp3) is 0.579. The van der Waals surface area contributed by atoms with Crippen molar-refractivity contribution in [1.29, 1.82) is 0 Å². The standard InChI is InChI=1S/C19H26F3NO5/c1-8-26-15(24)18(5,6)27-14-10-12(19(20,21)22)9-13(11-14)23(7)16(25)28-17(2,3)4/h9-11H,8H2,1-7H3. The minimum absolute atomic E-state index is 0.0981. The summed E-state index contributed by atoms with van der Waals surface area (Å²) >= 11 is 0. The Balaban J connectivity index is 3.31. The molecular formula is C19H26F3NO5. The molecule has 158 valence electrons. The van der Waals surface area contributed by atoms with Crippen LogP contribution in [0.25, 0.3) is 0 Å². The molecule has 0 heterocycles. The highest BCUT2D eigenvalue weighted by atomic mass is 19.4. The summed E-state index contributed by atoms with van der Waals surface area (Å²) < 4.78 is 55.5. The Morgan fingerprint density at radius 1 is 1.04 bits per heavy atom. The topological polar surface area (TPSA) is 65.1 Å². The molecule has 0 aliphatic carbocycles. The van der Waals surface area contributed by atoms with Crippen molar-refractivity contribution in [2.24, 2.45) is 0 Å². The number of hydrogen-bond acceptors (Lipinski definition) is 5. The highest BCUT2D eigenvalue weighted by Crippen LogP contribution is 2.36. The molecule has 0 spiro atoms. The number of hydrogen-bond donors (Lipinski definition) is 0. The Bertz CT molecular complexity index is 723. The maximum Gasteiger partial charge on any atom is 0.416 e. The summed E-state index contributed by atoms with van der Waals surface area (Å²) in [6.45, 7) is 9.38. The fourth-order valence-electron chi connectivity index (χ4n) is 2.08. The van der Waals surface area contributed by atoms with Crippen molar-refractivity contribution in [1.82, 2.24) is 0 Å². The van der Waals surface area contributed by atoms with Crippen molar-refractivity contribution < 1.29 is 37.0 Å². The van der Waals surface area contributed by atoms with Crippen molar-refractivity contribution in [2.75, 3.05) is 18.6 Å². The van der Waals surface area contributed by atoms with E-state index in [4.69, 9.17) is 14.2 Å². The van der Waals surface area contributed by atoms with E-state index in [1.807, 2.05) is 0 Å². The Kier molecular flexibility index (Phi) is 6.98. The van der Waals surface area contributed by atoms with Gasteiger partial charge in [-0.05, 0) is 53.7 Å². The van der Waals surface area contributed by atoms with E-state index in [0.29, 0.717) is 0 Å². The molecule has 0 saturated carbocycles. The first kappa shape index (κ1) is 23.6. The van der Waals surface area contributed by atoms with E-state index in [1.54, 1.807) is 27.7 Å². The largest absolute Gasteiger partial charge is 0.476 e. The lowest BCUT2D eigenvalue weighted by Crippen LogP contribution is -2.40. The molecule has 0 unspecified atom stereocenters. The molecule has 0 saturated heterocycles. The predicted molar refractivity (Wildman–Crippen MR) is 97.4 cm³/mol. The number of esters is 1. The van der Waals surface area contributed by atoms with Gasteiger partial charge in [0.25, 0.3) is 0 Å². The number of ether oxygens (including phenoxy) is 3. The summed E-state index contributed by atoms with van der Waals surface area (Å²) in [6.07, 6.45) is -5.51. The van der Waals surface area contributed by atoms with Crippen LogP contribution in [-0.4, -0.2) is 36.9 Å². The monoisotopic (exact) mass is 405 g/mol. The molecule has 1 aromatic rings. The van der Waals surface area contributed by atoms with Crippen molar-refractivity contribution in [3.63, 3.8) is 0 Å². The van der Waals surface area contributed by atoms with Gasteiger partial charge in [-0.1, -0.05) is 0 Å². The van der Waals surface area contributed by atoms with Gasteiger partial charge in [-0.15, -0.1) is 0 Å². The van der Waals surface area contributed by atoms with Gasteiger partial charge in [-0.2, -0.15) is 13.2 Å². The summed E-state index contributed by atoms with van der Waals surface area (Å²) in [6, 6.07) is 2.78. The first-order chi connectivity index (χ1) is 12.6. The lowest BCUT2D eigenvalue weighted by molar-refractivity contribution is -0.158. The van der Waals surface area contributed by atoms with Gasteiger partial charge < -0.3 is 14.2 Å². The van der Waals surface area contributed by atoms with Crippen molar-refractivity contribution >= 4 is 17.7 Å². The molecule has 1 rings (SSSR count). The fourth-order valence-corrected chi connectivity index (χ4v) is 2.08. The van der Waals surface area contributed by atoms with Gasteiger partial charge in [0.1, 0.15) is 11.4 Å². The van der Waals surface area contributed by atoms with Crippen LogP contribution >= 0.6 is 0 Å². The number of rotatable bonds is 5. The van der Waals surface area contributed by atoms with Crippen LogP contribution in [-0.2, 0) is 20.4 Å². The minimum atomic E-state index is -4.68. The summed E-state index contributed by atoms with van der Waals surface area (Å²) in [5.74, 6) is -0.965. The zero-order chi connectivity index (χ0) is 21.9. The van der Waals surface area contributed by atoms with Gasteiger partial charge in [0.15, 0.2) is 5.60 Å². The highest BCUT2D eigenvalue weighted by molar-refractivity contribution is 5.87. The number of anilines is 1. The summed E-state index contributed by atoms with van der Waals surface area (Å²) in [5, 5.41) is 0. The molecule has 1 aromatic carbocycles. The van der Waals surface area contributed by atoms with Gasteiger partial charge in [0.2, 0.25) is 0 Å². The Morgan fingerprint density at radius 3 is 2.07 bits per heavy atom. The minimum Gasteiger partial charge on any atom is -0.476 e. The third-order valence-corrected chi connectivity index (χ3v) is 3.41. The summed E-state index contributed by atoms with van der Waals surface area (Å²) in [4.78, 5) is 25.1. The van der Waals surface area contributed by atoms with Gasteiger partial charge in [0.05, 0.1) is 17.9 Å². The lowest BCUT2D eigenvalue weighted by Gasteiger charge is -2.27. The molecule has 0 aromatic heterocycles. The van der Waals surface area contributed by atoms with E-state index < -0.39 is 35.0 Å². The van der Waals surface area contributed by atoms with Crippen molar-refractivity contribution in [2.45, 2.75) is 58.9 Å². The normalized spacial score (nSPS) is 12.4. The van der Waals surface area contributed by atoms with Crippen LogP contribution in [0.15, 0.2) is 18.2 Å². The van der Waals surface area contributed by atoms with E-state index in [1.165, 1.54) is 27.0 Å². The predicted octanol–water partition coefficient (Wildman–Crippen LogP) is 4.80. The molecule has 0 atom stereocenters. The van der Waals surface area contributed by atoms with Crippen molar-refractivity contribution in [3.8, 4) is 5.75 Å². The third kappa shape index (κ3) is 6.61. The number of carbonyl (C=O) groups excluding carboxylic acids is 2. The number of carbonyl (C=O) groups is 2. The molecule has 0 aliphatic rings. The zero-order valence-corrected chi connectivity index (χ0v) is 17.1. The quantitative estimate of drug-likeness (QED) is 0.659. The van der Waals surface area contributed by atoms with Gasteiger partial charge in [0, 0.05) is 13.1 Å². The second-order valence-electron chi connectivity index (χ2n) is 7.59. The summed E-state index contributed by atoms with van der Waals surface area (Å²) in [7, 11) is 1.28. The number of benzene rings is 1. The first-order valence-corrected chi connectivity index (χ1v) is 8.62. The van der Waals surface area contributed by atoms with E-state index >= 15 is 0 Å². The number of nitrogens with zero attached hydrogens (tertiary/aromatic N) is 1. The molecule has 6 nitrogen and oxygen atoms in total. The second-order valence-corrected chi connectivity index (χ2v) is 7.59. The maximum absolute atomic E-state index is 13.3. The van der Waals surface area contributed by atoms with E-state index in [2.05, 4.69) is 0 Å². The molecule has 0 fully saturated rings. The SMILES string of the molecule is CCOC(=O)C(C)(C)Oc1cc(N(C)C(=O)OC(C)(C)C)cc(C(F)(F)F)c1. The zero-order valence-electron chi connectivity index (χ0n) is 17.1. The molecule has 0 N–H and O–H groups in total. The van der Waals surface area contributed by atoms with E-state index in [9.17, 15) is 22.8 Å². The molecule has 1 amide bonds. The van der Waals surface area contributed by atoms with Gasteiger partial charge >= 0.3 is 18.2 Å². The molecule has 0 radical (unpaired) electrons. The number of alkyl halides is 3. The van der Waals surface area contributed by atoms with Gasteiger partial charge in [-0.3, -0.25) is 4.90 Å². The highest BCUT2D eigenvalue weighted by Gasteiger charge is 2.35. The number of halogens is 3. The second kappa shape index (κ2) is 8.28. The molecular weight excluding hydrogens is 379 g/mol. The average molecular weight is 405 g/mol.